The highest BCUT2D eigenvalue weighted by atomic mass is 19.4. The molecule has 0 atom stereocenters. The molecule has 2 aromatic rings. The smallest absolute Gasteiger partial charge is 0.416 e. The molecular weight excluding hydrogens is 283 g/mol. The maximum Gasteiger partial charge on any atom is 0.416 e. The Morgan fingerprint density at radius 1 is 1.19 bits per heavy atom. The summed E-state index contributed by atoms with van der Waals surface area (Å²) < 4.78 is 42.4. The van der Waals surface area contributed by atoms with Crippen LogP contribution in [0.3, 0.4) is 0 Å². The molecule has 0 N–H and O–H groups in total. The summed E-state index contributed by atoms with van der Waals surface area (Å²) in [7, 11) is 0. The Kier molecular flexibility index (Phi) is 4.26. The van der Waals surface area contributed by atoms with Gasteiger partial charge in [-0.2, -0.15) is 13.2 Å². The Morgan fingerprint density at radius 3 is 2.43 bits per heavy atom. The van der Waals surface area contributed by atoms with Crippen molar-refractivity contribution in [2.45, 2.75) is 13.1 Å². The zero-order chi connectivity index (χ0) is 15.5. The molecule has 0 radical (unpaired) electrons. The molecule has 0 spiro atoms. The Hall–Kier alpha value is -2.37. The van der Waals surface area contributed by atoms with Crippen LogP contribution in [0.4, 0.5) is 13.2 Å². The number of aromatic nitrogens is 1. The molecule has 0 amide bonds. The van der Waals surface area contributed by atoms with Crippen molar-refractivity contribution in [2.75, 3.05) is 6.61 Å². The van der Waals surface area contributed by atoms with Crippen LogP contribution in [0.25, 0.3) is 11.3 Å². The van der Waals surface area contributed by atoms with E-state index < -0.39 is 17.7 Å². The van der Waals surface area contributed by atoms with Crippen LogP contribution in [0.5, 0.6) is 0 Å². The lowest BCUT2D eigenvalue weighted by atomic mass is 10.1. The van der Waals surface area contributed by atoms with Gasteiger partial charge in [0.15, 0.2) is 0 Å². The van der Waals surface area contributed by atoms with Crippen molar-refractivity contribution in [3.63, 3.8) is 0 Å². The zero-order valence-corrected chi connectivity index (χ0v) is 11.1. The van der Waals surface area contributed by atoms with E-state index in [9.17, 15) is 18.0 Å². The van der Waals surface area contributed by atoms with Gasteiger partial charge in [0.2, 0.25) is 0 Å². The van der Waals surface area contributed by atoms with Crippen molar-refractivity contribution in [3.8, 4) is 11.3 Å². The minimum absolute atomic E-state index is 0.247. The van der Waals surface area contributed by atoms with Gasteiger partial charge in [-0.15, -0.1) is 0 Å². The Labute approximate surface area is 119 Å². The van der Waals surface area contributed by atoms with E-state index in [1.165, 1.54) is 30.5 Å². The number of ether oxygens (including phenoxy) is 1. The minimum Gasteiger partial charge on any atom is -0.462 e. The third kappa shape index (κ3) is 3.59. The minimum atomic E-state index is -4.38. The predicted molar refractivity (Wildman–Crippen MR) is 70.6 cm³/mol. The lowest BCUT2D eigenvalue weighted by molar-refractivity contribution is -0.137. The van der Waals surface area contributed by atoms with E-state index in [2.05, 4.69) is 4.98 Å². The number of hydrogen-bond donors (Lipinski definition) is 0. The second kappa shape index (κ2) is 5.95. The van der Waals surface area contributed by atoms with Crippen LogP contribution < -0.4 is 0 Å². The molecule has 0 saturated heterocycles. The predicted octanol–water partition coefficient (Wildman–Crippen LogP) is 3.94. The molecule has 0 aliphatic heterocycles. The first-order valence-electron chi connectivity index (χ1n) is 6.22. The Morgan fingerprint density at radius 2 is 1.86 bits per heavy atom. The van der Waals surface area contributed by atoms with E-state index in [-0.39, 0.29) is 6.61 Å². The van der Waals surface area contributed by atoms with Crippen LogP contribution in [0.1, 0.15) is 22.8 Å². The van der Waals surface area contributed by atoms with Crippen LogP contribution >= 0.6 is 0 Å². The molecule has 3 nitrogen and oxygen atoms in total. The number of esters is 1. The number of carbonyl (C=O) groups excluding carboxylic acids is 1. The second-order valence-electron chi connectivity index (χ2n) is 4.23. The van der Waals surface area contributed by atoms with Gasteiger partial charge in [-0.25, -0.2) is 4.79 Å². The first-order valence-corrected chi connectivity index (χ1v) is 6.22. The van der Waals surface area contributed by atoms with Gasteiger partial charge in [0, 0.05) is 11.8 Å². The number of alkyl halides is 3. The van der Waals surface area contributed by atoms with Crippen molar-refractivity contribution in [1.82, 2.24) is 4.98 Å². The van der Waals surface area contributed by atoms with Crippen molar-refractivity contribution in [1.29, 1.82) is 0 Å². The summed E-state index contributed by atoms with van der Waals surface area (Å²) in [5.74, 6) is -0.493. The topological polar surface area (TPSA) is 39.2 Å². The summed E-state index contributed by atoms with van der Waals surface area (Å²) in [4.78, 5) is 15.7. The molecule has 2 rings (SSSR count). The first kappa shape index (κ1) is 15.0. The molecule has 1 heterocycles. The summed E-state index contributed by atoms with van der Waals surface area (Å²) in [5, 5.41) is 0. The Bertz CT molecular complexity index is 636. The van der Waals surface area contributed by atoms with E-state index in [4.69, 9.17) is 4.74 Å². The molecule has 0 aliphatic rings. The lowest BCUT2D eigenvalue weighted by Gasteiger charge is -2.08. The highest BCUT2D eigenvalue weighted by Gasteiger charge is 2.30. The maximum absolute atomic E-state index is 12.5. The normalized spacial score (nSPS) is 11.2. The van der Waals surface area contributed by atoms with Crippen molar-refractivity contribution >= 4 is 5.97 Å². The Balaban J connectivity index is 2.30. The molecule has 0 fully saturated rings. The van der Waals surface area contributed by atoms with E-state index >= 15 is 0 Å². The van der Waals surface area contributed by atoms with Gasteiger partial charge in [-0.1, -0.05) is 12.1 Å². The van der Waals surface area contributed by atoms with Crippen molar-refractivity contribution < 1.29 is 22.7 Å². The average Bonchev–Trinajstić information content (AvgIpc) is 2.47. The number of hydrogen-bond acceptors (Lipinski definition) is 3. The van der Waals surface area contributed by atoms with Gasteiger partial charge in [-0.05, 0) is 31.2 Å². The molecular formula is C15H12F3NO2. The molecule has 110 valence electrons. The standard InChI is InChI=1S/C15H12F3NO2/c1-2-21-14(20)11-7-8-19-13(9-11)10-3-5-12(6-4-10)15(16,17)18/h3-9H,2H2,1H3. The third-order valence-corrected chi connectivity index (χ3v) is 2.78. The number of benzene rings is 1. The van der Waals surface area contributed by atoms with E-state index in [1.807, 2.05) is 0 Å². The summed E-state index contributed by atoms with van der Waals surface area (Å²) in [6.45, 7) is 1.94. The molecule has 21 heavy (non-hydrogen) atoms. The van der Waals surface area contributed by atoms with Gasteiger partial charge in [0.1, 0.15) is 0 Å². The number of halogens is 3. The molecule has 0 aliphatic carbocycles. The largest absolute Gasteiger partial charge is 0.462 e. The lowest BCUT2D eigenvalue weighted by Crippen LogP contribution is -2.05. The molecule has 0 unspecified atom stereocenters. The fraction of sp³-hybridized carbons (Fsp3) is 0.200. The van der Waals surface area contributed by atoms with Crippen LogP contribution in [-0.4, -0.2) is 17.6 Å². The van der Waals surface area contributed by atoms with Crippen molar-refractivity contribution in [2.24, 2.45) is 0 Å². The number of pyridine rings is 1. The summed E-state index contributed by atoms with van der Waals surface area (Å²) in [5.41, 5.74) is 0.484. The van der Waals surface area contributed by atoms with Gasteiger partial charge in [0.05, 0.1) is 23.4 Å². The number of nitrogens with zero attached hydrogens (tertiary/aromatic N) is 1. The summed E-state index contributed by atoms with van der Waals surface area (Å²) in [6.07, 6.45) is -2.96. The monoisotopic (exact) mass is 295 g/mol. The van der Waals surface area contributed by atoms with Gasteiger partial charge in [-0.3, -0.25) is 4.98 Å². The molecule has 0 bridgehead atoms. The van der Waals surface area contributed by atoms with Crippen molar-refractivity contribution in [3.05, 3.63) is 53.7 Å². The van der Waals surface area contributed by atoms with E-state index in [0.717, 1.165) is 12.1 Å². The van der Waals surface area contributed by atoms with Gasteiger partial charge in [0.25, 0.3) is 0 Å². The molecule has 0 saturated carbocycles. The fourth-order valence-electron chi connectivity index (χ4n) is 1.76. The second-order valence-corrected chi connectivity index (χ2v) is 4.23. The number of carbonyl (C=O) groups is 1. The van der Waals surface area contributed by atoms with Gasteiger partial charge < -0.3 is 4.74 Å². The highest BCUT2D eigenvalue weighted by Crippen LogP contribution is 2.30. The van der Waals surface area contributed by atoms with Crippen LogP contribution in [0.2, 0.25) is 0 Å². The highest BCUT2D eigenvalue weighted by molar-refractivity contribution is 5.90. The average molecular weight is 295 g/mol. The van der Waals surface area contributed by atoms with Gasteiger partial charge >= 0.3 is 12.1 Å². The molecule has 1 aromatic carbocycles. The molecule has 1 aromatic heterocycles. The van der Waals surface area contributed by atoms with E-state index in [1.54, 1.807) is 6.92 Å². The van der Waals surface area contributed by atoms with Crippen LogP contribution in [0.15, 0.2) is 42.6 Å². The first-order chi connectivity index (χ1) is 9.91. The summed E-state index contributed by atoms with van der Waals surface area (Å²) >= 11 is 0. The third-order valence-electron chi connectivity index (χ3n) is 2.78. The SMILES string of the molecule is CCOC(=O)c1ccnc(-c2ccc(C(F)(F)F)cc2)c1. The van der Waals surface area contributed by atoms with Crippen LogP contribution in [0, 0.1) is 0 Å². The van der Waals surface area contributed by atoms with E-state index in [0.29, 0.717) is 16.8 Å². The fourth-order valence-corrected chi connectivity index (χ4v) is 1.76. The van der Waals surface area contributed by atoms with Crippen LogP contribution in [-0.2, 0) is 10.9 Å². The summed E-state index contributed by atoms with van der Waals surface area (Å²) in [6, 6.07) is 7.58. The quantitative estimate of drug-likeness (QED) is 0.805. The zero-order valence-electron chi connectivity index (χ0n) is 11.1. The number of rotatable bonds is 3. The maximum atomic E-state index is 12.5. The molecule has 6 heteroatoms.